The van der Waals surface area contributed by atoms with Crippen molar-refractivity contribution in [2.75, 3.05) is 6.54 Å². The number of ether oxygens (including phenoxy) is 1. The molecule has 2 aromatic carbocycles. The Bertz CT molecular complexity index is 918. The third-order valence-electron chi connectivity index (χ3n) is 4.28. The third kappa shape index (κ3) is 8.70. The van der Waals surface area contributed by atoms with E-state index in [1.165, 1.54) is 0 Å². The van der Waals surface area contributed by atoms with E-state index in [1.54, 1.807) is 39.0 Å². The highest BCUT2D eigenvalue weighted by Gasteiger charge is 2.25. The van der Waals surface area contributed by atoms with Crippen LogP contribution in [0.5, 0.6) is 0 Å². The number of alkyl carbamates (subject to hydrolysis) is 1. The van der Waals surface area contributed by atoms with Gasteiger partial charge in [-0.3, -0.25) is 0 Å². The molecule has 2 rings (SSSR count). The summed E-state index contributed by atoms with van der Waals surface area (Å²) in [5.41, 5.74) is 0.932. The average molecular weight is 431 g/mol. The lowest BCUT2D eigenvalue weighted by atomic mass is 10.0. The molecule has 0 saturated carbocycles. The van der Waals surface area contributed by atoms with Crippen molar-refractivity contribution in [1.82, 2.24) is 10.6 Å². The van der Waals surface area contributed by atoms with Crippen LogP contribution >= 0.6 is 0 Å². The molecule has 166 valence electrons. The Labute approximate surface area is 180 Å². The molecule has 0 aliphatic carbocycles. The van der Waals surface area contributed by atoms with Crippen molar-refractivity contribution < 1.29 is 23.4 Å². The summed E-state index contributed by atoms with van der Waals surface area (Å²) in [5, 5.41) is 25.3. The van der Waals surface area contributed by atoms with Crippen molar-refractivity contribution in [2.45, 2.75) is 51.5 Å². The van der Waals surface area contributed by atoms with Gasteiger partial charge in [0, 0.05) is 19.2 Å². The Morgan fingerprint density at radius 2 is 1.84 bits per heavy atom. The van der Waals surface area contributed by atoms with Crippen LogP contribution in [0.3, 0.4) is 0 Å². The van der Waals surface area contributed by atoms with Gasteiger partial charge in [-0.1, -0.05) is 12.1 Å². The fourth-order valence-corrected chi connectivity index (χ4v) is 2.98. The van der Waals surface area contributed by atoms with Gasteiger partial charge in [0.15, 0.2) is 0 Å². The molecule has 0 bridgehead atoms. The molecule has 1 amide bonds. The summed E-state index contributed by atoms with van der Waals surface area (Å²) < 4.78 is 32.4. The molecule has 0 aromatic heterocycles. The molecule has 6 nitrogen and oxygen atoms in total. The fourth-order valence-electron chi connectivity index (χ4n) is 2.98. The van der Waals surface area contributed by atoms with Gasteiger partial charge in [0.1, 0.15) is 17.2 Å². The maximum Gasteiger partial charge on any atom is 0.407 e. The average Bonchev–Trinajstić information content (AvgIpc) is 2.65. The molecule has 0 saturated heterocycles. The number of nitriles is 1. The molecule has 3 N–H and O–H groups in total. The van der Waals surface area contributed by atoms with Gasteiger partial charge in [0.2, 0.25) is 0 Å². The van der Waals surface area contributed by atoms with Crippen molar-refractivity contribution >= 4 is 6.09 Å². The van der Waals surface area contributed by atoms with Crippen LogP contribution in [-0.4, -0.2) is 35.5 Å². The predicted octanol–water partition coefficient (Wildman–Crippen LogP) is 3.42. The number of carbonyl (C=O) groups is 1. The Kier molecular flexibility index (Phi) is 8.48. The molecule has 0 fully saturated rings. The number of benzene rings is 2. The van der Waals surface area contributed by atoms with E-state index in [0.717, 1.165) is 23.8 Å². The smallest absolute Gasteiger partial charge is 0.407 e. The van der Waals surface area contributed by atoms with E-state index >= 15 is 0 Å². The van der Waals surface area contributed by atoms with Crippen LogP contribution in [0.4, 0.5) is 13.6 Å². The van der Waals surface area contributed by atoms with Gasteiger partial charge >= 0.3 is 6.09 Å². The van der Waals surface area contributed by atoms with E-state index in [4.69, 9.17) is 10.00 Å². The summed E-state index contributed by atoms with van der Waals surface area (Å²) >= 11 is 0. The molecule has 0 aliphatic rings. The normalized spacial score (nSPS) is 13.2. The lowest BCUT2D eigenvalue weighted by molar-refractivity contribution is 0.0422. The van der Waals surface area contributed by atoms with Crippen LogP contribution in [0, 0.1) is 23.0 Å². The van der Waals surface area contributed by atoms with Gasteiger partial charge in [0.25, 0.3) is 0 Å². The Hall–Kier alpha value is -3.02. The highest BCUT2D eigenvalue weighted by Crippen LogP contribution is 2.13. The summed E-state index contributed by atoms with van der Waals surface area (Å²) in [4.78, 5) is 12.2. The van der Waals surface area contributed by atoms with Crippen LogP contribution in [0.25, 0.3) is 0 Å². The SMILES string of the molecule is CC(C)(C)OC(=O)N[C@@H](Cc1cc(F)cc(F)c1)C(O)CNCc1cccc(C#N)c1. The van der Waals surface area contributed by atoms with Crippen LogP contribution in [0.15, 0.2) is 42.5 Å². The number of aliphatic hydroxyl groups excluding tert-OH is 1. The monoisotopic (exact) mass is 431 g/mol. The molecule has 2 atom stereocenters. The zero-order valence-electron chi connectivity index (χ0n) is 17.8. The maximum atomic E-state index is 13.6. The van der Waals surface area contributed by atoms with Crippen molar-refractivity contribution in [3.05, 3.63) is 70.8 Å². The zero-order chi connectivity index (χ0) is 23.0. The second-order valence-corrected chi connectivity index (χ2v) is 8.24. The molecule has 0 heterocycles. The standard InChI is InChI=1S/C23H27F2N3O3/c1-23(2,3)31-22(30)28-20(10-17-8-18(24)11-19(25)9-17)21(29)14-27-13-16-6-4-5-15(7-16)12-26/h4-9,11,20-21,27,29H,10,13-14H2,1-3H3,(H,28,30)/t20-,21?/m0/s1. The first-order chi connectivity index (χ1) is 14.6. The minimum atomic E-state index is -1.07. The number of nitrogens with one attached hydrogen (secondary N) is 2. The predicted molar refractivity (Wildman–Crippen MR) is 112 cm³/mol. The number of rotatable bonds is 8. The zero-order valence-corrected chi connectivity index (χ0v) is 17.8. The second kappa shape index (κ2) is 10.8. The molecular formula is C23H27F2N3O3. The van der Waals surface area contributed by atoms with Gasteiger partial charge in [-0.05, 0) is 62.6 Å². The first-order valence-electron chi connectivity index (χ1n) is 9.88. The summed E-state index contributed by atoms with van der Waals surface area (Å²) in [6, 6.07) is 11.3. The Morgan fingerprint density at radius 1 is 1.16 bits per heavy atom. The molecule has 0 radical (unpaired) electrons. The quantitative estimate of drug-likeness (QED) is 0.595. The van der Waals surface area contributed by atoms with Gasteiger partial charge in [-0.2, -0.15) is 5.26 Å². The third-order valence-corrected chi connectivity index (χ3v) is 4.28. The largest absolute Gasteiger partial charge is 0.444 e. The number of amides is 1. The van der Waals surface area contributed by atoms with E-state index in [2.05, 4.69) is 16.7 Å². The molecular weight excluding hydrogens is 404 g/mol. The van der Waals surface area contributed by atoms with Crippen molar-refractivity contribution in [3.63, 3.8) is 0 Å². The van der Waals surface area contributed by atoms with Crippen molar-refractivity contribution in [2.24, 2.45) is 0 Å². The molecule has 2 aromatic rings. The van der Waals surface area contributed by atoms with Crippen molar-refractivity contribution in [3.8, 4) is 6.07 Å². The van der Waals surface area contributed by atoms with Crippen LogP contribution in [0.2, 0.25) is 0 Å². The minimum absolute atomic E-state index is 0.000682. The lowest BCUT2D eigenvalue weighted by Crippen LogP contribution is -2.49. The number of aliphatic hydroxyl groups is 1. The highest BCUT2D eigenvalue weighted by molar-refractivity contribution is 5.68. The second-order valence-electron chi connectivity index (χ2n) is 8.24. The Morgan fingerprint density at radius 3 is 2.45 bits per heavy atom. The summed E-state index contributed by atoms with van der Waals surface area (Å²) in [6.45, 7) is 5.60. The summed E-state index contributed by atoms with van der Waals surface area (Å²) in [6.07, 6.45) is -1.81. The molecule has 0 aliphatic heterocycles. The van der Waals surface area contributed by atoms with Crippen LogP contribution in [-0.2, 0) is 17.7 Å². The summed E-state index contributed by atoms with van der Waals surface area (Å²) in [7, 11) is 0. The minimum Gasteiger partial charge on any atom is -0.444 e. The van der Waals surface area contributed by atoms with E-state index in [0.29, 0.717) is 17.7 Å². The van der Waals surface area contributed by atoms with Gasteiger partial charge < -0.3 is 20.5 Å². The number of hydrogen-bond acceptors (Lipinski definition) is 5. The van der Waals surface area contributed by atoms with Gasteiger partial charge in [-0.25, -0.2) is 13.6 Å². The van der Waals surface area contributed by atoms with Gasteiger partial charge in [0.05, 0.1) is 23.8 Å². The van der Waals surface area contributed by atoms with E-state index in [9.17, 15) is 18.7 Å². The topological polar surface area (TPSA) is 94.4 Å². The lowest BCUT2D eigenvalue weighted by Gasteiger charge is -2.27. The molecule has 1 unspecified atom stereocenters. The first kappa shape index (κ1) is 24.3. The van der Waals surface area contributed by atoms with Crippen LogP contribution in [0.1, 0.15) is 37.5 Å². The van der Waals surface area contributed by atoms with Crippen LogP contribution < -0.4 is 10.6 Å². The fraction of sp³-hybridized carbons (Fsp3) is 0.391. The number of nitrogens with zero attached hydrogens (tertiary/aromatic N) is 1. The Balaban J connectivity index is 2.06. The number of carbonyl (C=O) groups excluding carboxylic acids is 1. The van der Waals surface area contributed by atoms with E-state index in [1.807, 2.05) is 6.07 Å². The van der Waals surface area contributed by atoms with Gasteiger partial charge in [-0.15, -0.1) is 0 Å². The molecule has 31 heavy (non-hydrogen) atoms. The summed E-state index contributed by atoms with van der Waals surface area (Å²) in [5.74, 6) is -1.48. The number of halogens is 2. The van der Waals surface area contributed by atoms with E-state index in [-0.39, 0.29) is 13.0 Å². The maximum absolute atomic E-state index is 13.6. The molecule has 8 heteroatoms. The highest BCUT2D eigenvalue weighted by atomic mass is 19.1. The van der Waals surface area contributed by atoms with E-state index < -0.39 is 35.5 Å². The van der Waals surface area contributed by atoms with Crippen molar-refractivity contribution in [1.29, 1.82) is 5.26 Å². The first-order valence-corrected chi connectivity index (χ1v) is 9.88. The molecule has 0 spiro atoms. The number of hydrogen-bond donors (Lipinski definition) is 3.